The Labute approximate surface area is 260 Å². The third-order valence-corrected chi connectivity index (χ3v) is 9.80. The van der Waals surface area contributed by atoms with Crippen LogP contribution < -0.4 is 0 Å². The number of aromatic nitrogens is 4. The van der Waals surface area contributed by atoms with Crippen molar-refractivity contribution in [3.8, 4) is 28.7 Å². The molecule has 0 aliphatic carbocycles. The van der Waals surface area contributed by atoms with E-state index in [1.54, 1.807) is 11.3 Å². The molecule has 4 heterocycles. The number of fused-ring (bicyclic) bond motifs is 11. The van der Waals surface area contributed by atoms with Crippen LogP contribution in [0.5, 0.6) is 0 Å². The molecule has 0 saturated carbocycles. The van der Waals surface area contributed by atoms with Gasteiger partial charge in [0.1, 0.15) is 11.2 Å². The Kier molecular flexibility index (Phi) is 5.09. The summed E-state index contributed by atoms with van der Waals surface area (Å²) in [6.45, 7) is 0. The Bertz CT molecular complexity index is 2700. The maximum Gasteiger partial charge on any atom is 0.238 e. The number of hydrogen-bond donors (Lipinski definition) is 0. The summed E-state index contributed by atoms with van der Waals surface area (Å²) in [5.74, 6) is 1.82. The first-order chi connectivity index (χ1) is 22.3. The molecular weight excluding hydrogens is 573 g/mol. The van der Waals surface area contributed by atoms with E-state index < -0.39 is 0 Å². The predicted molar refractivity (Wildman–Crippen MR) is 185 cm³/mol. The van der Waals surface area contributed by atoms with Crippen molar-refractivity contribution in [1.29, 1.82) is 0 Å². The number of benzene rings is 6. The highest BCUT2D eigenvalue weighted by Gasteiger charge is 2.22. The smallest absolute Gasteiger partial charge is 0.238 e. The molecule has 0 amide bonds. The zero-order valence-electron chi connectivity index (χ0n) is 23.8. The van der Waals surface area contributed by atoms with Crippen LogP contribution in [0.2, 0.25) is 0 Å². The van der Waals surface area contributed by atoms with E-state index in [-0.39, 0.29) is 0 Å². The van der Waals surface area contributed by atoms with E-state index in [4.69, 9.17) is 19.4 Å². The molecule has 6 heteroatoms. The summed E-state index contributed by atoms with van der Waals surface area (Å²) in [5, 5.41) is 6.77. The quantitative estimate of drug-likeness (QED) is 0.204. The van der Waals surface area contributed by atoms with Crippen LogP contribution in [0.3, 0.4) is 0 Å². The van der Waals surface area contributed by atoms with Crippen molar-refractivity contribution in [1.82, 2.24) is 19.5 Å². The molecule has 0 spiro atoms. The van der Waals surface area contributed by atoms with Crippen LogP contribution in [0, 0.1) is 0 Å². The highest BCUT2D eigenvalue weighted by Crippen LogP contribution is 2.45. The zero-order valence-corrected chi connectivity index (χ0v) is 24.6. The number of nitrogens with zero attached hydrogens (tertiary/aromatic N) is 4. The average Bonchev–Trinajstić information content (AvgIpc) is 3.78. The summed E-state index contributed by atoms with van der Waals surface area (Å²) in [7, 11) is 0. The van der Waals surface area contributed by atoms with Gasteiger partial charge in [0.15, 0.2) is 11.6 Å². The fraction of sp³-hybridized carbons (Fsp3) is 0. The van der Waals surface area contributed by atoms with E-state index in [1.807, 2.05) is 60.7 Å². The summed E-state index contributed by atoms with van der Waals surface area (Å²) >= 11 is 1.81. The van der Waals surface area contributed by atoms with Crippen LogP contribution >= 0.6 is 11.3 Å². The van der Waals surface area contributed by atoms with Crippen molar-refractivity contribution in [2.45, 2.75) is 0 Å². The van der Waals surface area contributed by atoms with E-state index >= 15 is 0 Å². The van der Waals surface area contributed by atoms with Gasteiger partial charge in [0.05, 0.1) is 16.4 Å². The monoisotopic (exact) mass is 594 g/mol. The van der Waals surface area contributed by atoms with Crippen molar-refractivity contribution < 1.29 is 4.42 Å². The van der Waals surface area contributed by atoms with Gasteiger partial charge in [-0.3, -0.25) is 4.57 Å². The lowest BCUT2D eigenvalue weighted by atomic mass is 10.1. The van der Waals surface area contributed by atoms with Gasteiger partial charge < -0.3 is 4.42 Å². The standard InChI is InChI=1S/C39H22N4OS/c1-3-11-23(12-4-1)37-40-38(24-13-5-2-6-14-24)42-39(41-37)43-29-17-9-7-15-27(29)33-30(43)21-19-25-26-20-22-32-34(36(26)44-35(25)33)28-16-8-10-18-31(28)45-32/h1-22H. The molecule has 0 atom stereocenters. The lowest BCUT2D eigenvalue weighted by Crippen LogP contribution is -2.06. The lowest BCUT2D eigenvalue weighted by molar-refractivity contribution is 0.677. The molecule has 45 heavy (non-hydrogen) atoms. The summed E-state index contributed by atoms with van der Waals surface area (Å²) < 4.78 is 11.6. The summed E-state index contributed by atoms with van der Waals surface area (Å²) in [5.41, 5.74) is 5.67. The molecule has 6 aromatic carbocycles. The van der Waals surface area contributed by atoms with E-state index in [0.29, 0.717) is 17.6 Å². The fourth-order valence-corrected chi connectivity index (χ4v) is 7.77. The van der Waals surface area contributed by atoms with Gasteiger partial charge in [-0.25, -0.2) is 4.98 Å². The number of furan rings is 1. The first-order valence-corrected chi connectivity index (χ1v) is 15.7. The van der Waals surface area contributed by atoms with Gasteiger partial charge in [-0.2, -0.15) is 9.97 Å². The van der Waals surface area contributed by atoms with Gasteiger partial charge in [0.2, 0.25) is 5.95 Å². The van der Waals surface area contributed by atoms with Gasteiger partial charge in [-0.15, -0.1) is 11.3 Å². The summed E-state index contributed by atoms with van der Waals surface area (Å²) in [6.07, 6.45) is 0. The van der Waals surface area contributed by atoms with E-state index in [0.717, 1.165) is 54.9 Å². The number of para-hydroxylation sites is 1. The van der Waals surface area contributed by atoms with Crippen molar-refractivity contribution >= 4 is 75.3 Å². The number of rotatable bonds is 3. The van der Waals surface area contributed by atoms with Crippen LogP contribution in [-0.2, 0) is 0 Å². The third kappa shape index (κ3) is 3.57. The normalized spacial score (nSPS) is 12.0. The van der Waals surface area contributed by atoms with Gasteiger partial charge in [-0.1, -0.05) is 97.1 Å². The molecule has 210 valence electrons. The van der Waals surface area contributed by atoms with Crippen molar-refractivity contribution in [3.05, 3.63) is 133 Å². The molecule has 5 nitrogen and oxygen atoms in total. The molecule has 0 radical (unpaired) electrons. The molecule has 10 aromatic rings. The van der Waals surface area contributed by atoms with Crippen molar-refractivity contribution in [2.24, 2.45) is 0 Å². The Morgan fingerprint density at radius 3 is 1.78 bits per heavy atom. The zero-order chi connectivity index (χ0) is 29.5. The molecule has 0 aliphatic heterocycles. The minimum absolute atomic E-state index is 0.565. The Balaban J connectivity index is 1.31. The minimum atomic E-state index is 0.565. The lowest BCUT2D eigenvalue weighted by Gasteiger charge is -2.10. The molecule has 0 bridgehead atoms. The van der Waals surface area contributed by atoms with Crippen molar-refractivity contribution in [2.75, 3.05) is 0 Å². The Morgan fingerprint density at radius 2 is 1.04 bits per heavy atom. The van der Waals surface area contributed by atoms with E-state index in [1.165, 1.54) is 20.2 Å². The topological polar surface area (TPSA) is 56.7 Å². The molecular formula is C39H22N4OS. The second-order valence-electron chi connectivity index (χ2n) is 11.2. The average molecular weight is 595 g/mol. The van der Waals surface area contributed by atoms with Gasteiger partial charge in [0.25, 0.3) is 0 Å². The van der Waals surface area contributed by atoms with Gasteiger partial charge in [0, 0.05) is 47.5 Å². The molecule has 4 aromatic heterocycles. The first-order valence-electron chi connectivity index (χ1n) is 14.9. The van der Waals surface area contributed by atoms with Crippen LogP contribution in [-0.4, -0.2) is 19.5 Å². The highest BCUT2D eigenvalue weighted by molar-refractivity contribution is 7.26. The molecule has 0 N–H and O–H groups in total. The maximum atomic E-state index is 6.93. The molecule has 0 aliphatic rings. The summed E-state index contributed by atoms with van der Waals surface area (Å²) in [4.78, 5) is 15.1. The molecule has 0 unspecified atom stereocenters. The molecule has 10 rings (SSSR count). The van der Waals surface area contributed by atoms with E-state index in [9.17, 15) is 0 Å². The SMILES string of the molecule is c1ccc(-c2nc(-c3ccccc3)nc(-n3c4ccccc4c4c5oc6c(ccc7sc8ccccc8c76)c5ccc43)n2)cc1. The largest absolute Gasteiger partial charge is 0.455 e. The second kappa shape index (κ2) is 9.32. The van der Waals surface area contributed by atoms with Crippen LogP contribution in [0.4, 0.5) is 0 Å². The third-order valence-electron chi connectivity index (χ3n) is 8.67. The predicted octanol–water partition coefficient (Wildman–Crippen LogP) is 10.6. The van der Waals surface area contributed by atoms with Crippen molar-refractivity contribution in [3.63, 3.8) is 0 Å². The van der Waals surface area contributed by atoms with Crippen LogP contribution in [0.25, 0.3) is 92.6 Å². The Hall–Kier alpha value is -5.85. The number of hydrogen-bond acceptors (Lipinski definition) is 5. The summed E-state index contributed by atoms with van der Waals surface area (Å²) in [6, 6.07) is 46.0. The molecule has 0 saturated heterocycles. The first kappa shape index (κ1) is 24.6. The maximum absolute atomic E-state index is 6.93. The van der Waals surface area contributed by atoms with Crippen LogP contribution in [0.15, 0.2) is 138 Å². The van der Waals surface area contributed by atoms with E-state index in [2.05, 4.69) is 77.4 Å². The highest BCUT2D eigenvalue weighted by atomic mass is 32.1. The molecule has 0 fully saturated rings. The Morgan fingerprint density at radius 1 is 0.444 bits per heavy atom. The fourth-order valence-electron chi connectivity index (χ4n) is 6.67. The second-order valence-corrected chi connectivity index (χ2v) is 12.3. The van der Waals surface area contributed by atoms with Gasteiger partial charge in [-0.05, 0) is 36.4 Å². The van der Waals surface area contributed by atoms with Crippen LogP contribution in [0.1, 0.15) is 0 Å². The number of thiophene rings is 1. The minimum Gasteiger partial charge on any atom is -0.455 e. The van der Waals surface area contributed by atoms with Gasteiger partial charge >= 0.3 is 0 Å².